The molecule has 0 aliphatic carbocycles. The number of carbonyl (C=O) groups excluding carboxylic acids is 1. The summed E-state index contributed by atoms with van der Waals surface area (Å²) >= 11 is 0. The van der Waals surface area contributed by atoms with Crippen LogP contribution >= 0.6 is 0 Å². The molecule has 0 bridgehead atoms. The molecule has 1 aliphatic rings. The van der Waals surface area contributed by atoms with E-state index in [1.807, 2.05) is 13.8 Å². The number of ether oxygens (including phenoxy) is 2. The molecule has 0 radical (unpaired) electrons. The van der Waals surface area contributed by atoms with Gasteiger partial charge in [0.25, 0.3) is 5.91 Å². The molecule has 3 rings (SSSR count). The van der Waals surface area contributed by atoms with E-state index in [1.165, 1.54) is 12.4 Å². The molecule has 1 amide bonds. The van der Waals surface area contributed by atoms with Gasteiger partial charge < -0.3 is 24.6 Å². The van der Waals surface area contributed by atoms with Crippen molar-refractivity contribution in [3.63, 3.8) is 0 Å². The summed E-state index contributed by atoms with van der Waals surface area (Å²) in [7, 11) is 1.72. The lowest BCUT2D eigenvalue weighted by Crippen LogP contribution is -2.50. The van der Waals surface area contributed by atoms with Gasteiger partial charge in [-0.05, 0) is 20.3 Å². The Morgan fingerprint density at radius 3 is 2.77 bits per heavy atom. The van der Waals surface area contributed by atoms with Gasteiger partial charge in [-0.25, -0.2) is 9.97 Å². The average molecular weight is 361 g/mol. The van der Waals surface area contributed by atoms with E-state index < -0.39 is 0 Å². The van der Waals surface area contributed by atoms with Crippen molar-refractivity contribution in [1.82, 2.24) is 20.4 Å². The first-order valence-electron chi connectivity index (χ1n) is 8.50. The van der Waals surface area contributed by atoms with Gasteiger partial charge in [-0.15, -0.1) is 0 Å². The fourth-order valence-corrected chi connectivity index (χ4v) is 2.77. The van der Waals surface area contributed by atoms with E-state index in [9.17, 15) is 4.79 Å². The van der Waals surface area contributed by atoms with Crippen LogP contribution in [-0.4, -0.2) is 53.4 Å². The molecule has 140 valence electrons. The van der Waals surface area contributed by atoms with Crippen LogP contribution in [0.4, 0.5) is 5.95 Å². The Morgan fingerprint density at radius 2 is 2.12 bits per heavy atom. The van der Waals surface area contributed by atoms with Crippen molar-refractivity contribution in [1.29, 1.82) is 0 Å². The molecule has 2 atom stereocenters. The molecule has 1 aliphatic heterocycles. The Balaban J connectivity index is 1.61. The average Bonchev–Trinajstić information content (AvgIpc) is 2.99. The molecular formula is C17H23N5O4. The minimum absolute atomic E-state index is 0.152. The minimum atomic E-state index is -0.251. The van der Waals surface area contributed by atoms with Crippen LogP contribution in [0.15, 0.2) is 16.9 Å². The first kappa shape index (κ1) is 18.3. The van der Waals surface area contributed by atoms with Crippen LogP contribution in [0.5, 0.6) is 0 Å². The molecule has 9 nitrogen and oxygen atoms in total. The minimum Gasteiger partial charge on any atom is -0.379 e. The normalized spacial score (nSPS) is 20.0. The van der Waals surface area contributed by atoms with E-state index in [2.05, 4.69) is 25.8 Å². The number of amides is 1. The Morgan fingerprint density at radius 1 is 1.35 bits per heavy atom. The fourth-order valence-electron chi connectivity index (χ4n) is 2.77. The van der Waals surface area contributed by atoms with Crippen molar-refractivity contribution >= 4 is 11.9 Å². The van der Waals surface area contributed by atoms with Crippen LogP contribution in [0.1, 0.15) is 33.8 Å². The Kier molecular flexibility index (Phi) is 5.79. The third kappa shape index (κ3) is 4.17. The van der Waals surface area contributed by atoms with Crippen molar-refractivity contribution in [2.45, 2.75) is 39.0 Å². The summed E-state index contributed by atoms with van der Waals surface area (Å²) in [6, 6.07) is -0.152. The van der Waals surface area contributed by atoms with Crippen LogP contribution < -0.4 is 10.6 Å². The zero-order valence-electron chi connectivity index (χ0n) is 15.1. The maximum absolute atomic E-state index is 12.5. The number of aromatic nitrogens is 3. The maximum Gasteiger partial charge on any atom is 0.254 e. The topological polar surface area (TPSA) is 111 Å². The number of nitrogens with zero attached hydrogens (tertiary/aromatic N) is 3. The van der Waals surface area contributed by atoms with Crippen LogP contribution in [-0.2, 0) is 16.1 Å². The van der Waals surface area contributed by atoms with E-state index in [1.54, 1.807) is 7.05 Å². The van der Waals surface area contributed by atoms with Crippen LogP contribution in [0.2, 0.25) is 0 Å². The summed E-state index contributed by atoms with van der Waals surface area (Å²) in [5.41, 5.74) is 2.14. The highest BCUT2D eigenvalue weighted by atomic mass is 16.5. The summed E-state index contributed by atoms with van der Waals surface area (Å²) in [4.78, 5) is 20.6. The molecule has 2 aromatic heterocycles. The van der Waals surface area contributed by atoms with E-state index in [-0.39, 0.29) is 18.1 Å². The van der Waals surface area contributed by atoms with Gasteiger partial charge in [0.1, 0.15) is 11.9 Å². The molecule has 0 aromatic carbocycles. The predicted octanol–water partition coefficient (Wildman–Crippen LogP) is 1.23. The summed E-state index contributed by atoms with van der Waals surface area (Å²) in [5, 5.41) is 9.74. The maximum atomic E-state index is 12.5. The van der Waals surface area contributed by atoms with Gasteiger partial charge in [0, 0.05) is 31.6 Å². The second kappa shape index (κ2) is 8.24. The van der Waals surface area contributed by atoms with Crippen molar-refractivity contribution in [3.8, 4) is 0 Å². The van der Waals surface area contributed by atoms with Gasteiger partial charge in [0.2, 0.25) is 5.95 Å². The second-order valence-corrected chi connectivity index (χ2v) is 6.14. The second-order valence-electron chi connectivity index (χ2n) is 6.14. The first-order chi connectivity index (χ1) is 12.6. The molecule has 3 heterocycles. The van der Waals surface area contributed by atoms with Crippen LogP contribution in [0, 0.1) is 13.8 Å². The lowest BCUT2D eigenvalue weighted by Gasteiger charge is -2.32. The van der Waals surface area contributed by atoms with Crippen molar-refractivity contribution in [2.24, 2.45) is 0 Å². The van der Waals surface area contributed by atoms with Gasteiger partial charge >= 0.3 is 0 Å². The largest absolute Gasteiger partial charge is 0.379 e. The molecule has 26 heavy (non-hydrogen) atoms. The predicted molar refractivity (Wildman–Crippen MR) is 92.8 cm³/mol. The number of nitrogens with one attached hydrogen (secondary N) is 2. The van der Waals surface area contributed by atoms with E-state index >= 15 is 0 Å². The smallest absolute Gasteiger partial charge is 0.254 e. The van der Waals surface area contributed by atoms with Gasteiger partial charge in [-0.1, -0.05) is 5.16 Å². The van der Waals surface area contributed by atoms with Gasteiger partial charge in [-0.2, -0.15) is 0 Å². The highest BCUT2D eigenvalue weighted by molar-refractivity contribution is 5.93. The summed E-state index contributed by atoms with van der Waals surface area (Å²) in [5.74, 6) is 0.973. The van der Waals surface area contributed by atoms with E-state index in [0.717, 1.165) is 17.0 Å². The van der Waals surface area contributed by atoms with E-state index in [0.29, 0.717) is 37.8 Å². The Hall–Kier alpha value is -2.52. The number of hydrogen-bond donors (Lipinski definition) is 2. The molecule has 1 fully saturated rings. The molecule has 2 aromatic rings. The lowest BCUT2D eigenvalue weighted by molar-refractivity contribution is -0.0739. The van der Waals surface area contributed by atoms with Gasteiger partial charge in [0.15, 0.2) is 0 Å². The van der Waals surface area contributed by atoms with E-state index in [4.69, 9.17) is 14.0 Å². The molecule has 0 saturated carbocycles. The van der Waals surface area contributed by atoms with Crippen LogP contribution in [0.25, 0.3) is 0 Å². The number of carbonyl (C=O) groups is 1. The molecule has 9 heteroatoms. The first-order valence-corrected chi connectivity index (χ1v) is 8.50. The fraction of sp³-hybridized carbons (Fsp3) is 0.529. The number of hydrogen-bond acceptors (Lipinski definition) is 8. The molecule has 1 saturated heterocycles. The number of aryl methyl sites for hydroxylation is 2. The monoisotopic (exact) mass is 361 g/mol. The molecular weight excluding hydrogens is 338 g/mol. The number of rotatable bonds is 6. The number of anilines is 1. The van der Waals surface area contributed by atoms with Crippen LogP contribution in [0.3, 0.4) is 0 Å². The van der Waals surface area contributed by atoms with Crippen molar-refractivity contribution < 1.29 is 18.8 Å². The zero-order valence-corrected chi connectivity index (χ0v) is 15.1. The van der Waals surface area contributed by atoms with Crippen molar-refractivity contribution in [2.75, 3.05) is 25.6 Å². The SMILES string of the molecule is CNc1ncc(C(=O)N[C@@H]2CCOC[C@H]2OCc2c(C)noc2C)cn1. The Labute approximate surface area is 151 Å². The third-order valence-corrected chi connectivity index (χ3v) is 4.38. The summed E-state index contributed by atoms with van der Waals surface area (Å²) in [6.07, 6.45) is 3.41. The van der Waals surface area contributed by atoms with Gasteiger partial charge in [0.05, 0.1) is 30.5 Å². The third-order valence-electron chi connectivity index (χ3n) is 4.38. The zero-order chi connectivity index (χ0) is 18.5. The standard InChI is InChI=1S/C17H23N5O4/c1-10-13(11(2)26-22-10)8-25-15-9-24-5-4-14(15)21-16(23)12-6-19-17(18-3)20-7-12/h6-7,14-15H,4-5,8-9H2,1-3H3,(H,21,23)(H,18,19,20)/t14-,15-/m1/s1. The highest BCUT2D eigenvalue weighted by Crippen LogP contribution is 2.18. The Bertz CT molecular complexity index is 727. The molecule has 2 N–H and O–H groups in total. The molecule has 0 spiro atoms. The molecule has 0 unspecified atom stereocenters. The lowest BCUT2D eigenvalue weighted by atomic mass is 10.1. The quantitative estimate of drug-likeness (QED) is 0.790. The van der Waals surface area contributed by atoms with Gasteiger partial charge in [-0.3, -0.25) is 4.79 Å². The van der Waals surface area contributed by atoms with Crippen molar-refractivity contribution in [3.05, 3.63) is 35.0 Å². The summed E-state index contributed by atoms with van der Waals surface area (Å²) < 4.78 is 16.7. The summed E-state index contributed by atoms with van der Waals surface area (Å²) in [6.45, 7) is 5.08. The highest BCUT2D eigenvalue weighted by Gasteiger charge is 2.29.